The van der Waals surface area contributed by atoms with Crippen molar-refractivity contribution in [2.24, 2.45) is 0 Å². The molecule has 27 heavy (non-hydrogen) atoms. The Morgan fingerprint density at radius 3 is 2.41 bits per heavy atom. The largest absolute Gasteiger partial charge is 0.484 e. The van der Waals surface area contributed by atoms with Gasteiger partial charge in [-0.25, -0.2) is 4.98 Å². The van der Waals surface area contributed by atoms with E-state index in [0.29, 0.717) is 5.92 Å². The molecular weight excluding hydrogens is 382 g/mol. The van der Waals surface area contributed by atoms with Gasteiger partial charge in [-0.3, -0.25) is 9.69 Å². The number of rotatable bonds is 6. The number of benzene rings is 1. The number of aromatic nitrogens is 1. The number of nitrogens with zero attached hydrogens (tertiary/aromatic N) is 3. The van der Waals surface area contributed by atoms with E-state index in [1.54, 1.807) is 11.3 Å². The molecule has 1 aliphatic heterocycles. The molecule has 0 radical (unpaired) electrons. The fourth-order valence-electron chi connectivity index (χ4n) is 3.01. The topological polar surface area (TPSA) is 45.7 Å². The molecule has 7 heteroatoms. The summed E-state index contributed by atoms with van der Waals surface area (Å²) in [6, 6.07) is 8.00. The quantitative estimate of drug-likeness (QED) is 0.729. The summed E-state index contributed by atoms with van der Waals surface area (Å²) in [4.78, 5) is 21.2. The van der Waals surface area contributed by atoms with Crippen molar-refractivity contribution in [1.82, 2.24) is 14.8 Å². The highest BCUT2D eigenvalue weighted by molar-refractivity contribution is 7.09. The minimum atomic E-state index is 0. The van der Waals surface area contributed by atoms with Crippen molar-refractivity contribution in [3.05, 3.63) is 45.9 Å². The normalized spacial score (nSPS) is 14.9. The molecule has 0 aliphatic carbocycles. The van der Waals surface area contributed by atoms with Crippen LogP contribution in [-0.4, -0.2) is 53.5 Å². The van der Waals surface area contributed by atoms with Gasteiger partial charge in [0.15, 0.2) is 6.61 Å². The number of carbonyl (C=O) groups excluding carboxylic acids is 1. The molecule has 1 fully saturated rings. The van der Waals surface area contributed by atoms with E-state index in [2.05, 4.69) is 41.2 Å². The fraction of sp³-hybridized carbons (Fsp3) is 0.500. The molecule has 2 heterocycles. The van der Waals surface area contributed by atoms with Crippen molar-refractivity contribution in [3.8, 4) is 5.75 Å². The van der Waals surface area contributed by atoms with Gasteiger partial charge in [-0.15, -0.1) is 23.7 Å². The van der Waals surface area contributed by atoms with Crippen LogP contribution in [0.3, 0.4) is 0 Å². The SMILES string of the molecule is Cc1csc(CN2CCN(C(=O)COc3ccc(C(C)C)cc3)CC2)n1.Cl. The Morgan fingerprint density at radius 2 is 1.85 bits per heavy atom. The highest BCUT2D eigenvalue weighted by Crippen LogP contribution is 2.19. The summed E-state index contributed by atoms with van der Waals surface area (Å²) in [5.74, 6) is 1.30. The first-order chi connectivity index (χ1) is 12.5. The third kappa shape index (κ3) is 6.19. The highest BCUT2D eigenvalue weighted by atomic mass is 35.5. The molecule has 0 bridgehead atoms. The van der Waals surface area contributed by atoms with E-state index < -0.39 is 0 Å². The lowest BCUT2D eigenvalue weighted by atomic mass is 10.0. The van der Waals surface area contributed by atoms with Crippen molar-refractivity contribution in [3.63, 3.8) is 0 Å². The predicted octanol–water partition coefficient (Wildman–Crippen LogP) is 3.72. The van der Waals surface area contributed by atoms with Crippen molar-refractivity contribution in [2.45, 2.75) is 33.2 Å². The van der Waals surface area contributed by atoms with Gasteiger partial charge < -0.3 is 9.64 Å². The van der Waals surface area contributed by atoms with Gasteiger partial charge in [-0.05, 0) is 30.5 Å². The zero-order valence-corrected chi connectivity index (χ0v) is 17.8. The van der Waals surface area contributed by atoms with Gasteiger partial charge in [0.05, 0.1) is 6.54 Å². The smallest absolute Gasteiger partial charge is 0.260 e. The van der Waals surface area contributed by atoms with Crippen molar-refractivity contribution in [1.29, 1.82) is 0 Å². The van der Waals surface area contributed by atoms with Gasteiger partial charge in [-0.2, -0.15) is 0 Å². The Kier molecular flexibility index (Phi) is 8.07. The molecule has 1 saturated heterocycles. The van der Waals surface area contributed by atoms with E-state index in [4.69, 9.17) is 4.74 Å². The number of carbonyl (C=O) groups is 1. The molecule has 0 spiro atoms. The molecule has 1 aliphatic rings. The Balaban J connectivity index is 0.00000261. The third-order valence-corrected chi connectivity index (χ3v) is 5.61. The number of hydrogen-bond acceptors (Lipinski definition) is 5. The van der Waals surface area contributed by atoms with Crippen LogP contribution in [0.2, 0.25) is 0 Å². The number of piperazine rings is 1. The summed E-state index contributed by atoms with van der Waals surface area (Å²) in [7, 11) is 0. The lowest BCUT2D eigenvalue weighted by molar-refractivity contribution is -0.135. The standard InChI is InChI=1S/C20H27N3O2S.ClH/c1-15(2)17-4-6-18(7-5-17)25-13-20(24)23-10-8-22(9-11-23)12-19-21-16(3)14-26-19;/h4-7,14-15H,8-13H2,1-3H3;1H. The van der Waals surface area contributed by atoms with Crippen LogP contribution >= 0.6 is 23.7 Å². The maximum Gasteiger partial charge on any atom is 0.260 e. The molecule has 0 atom stereocenters. The third-order valence-electron chi connectivity index (χ3n) is 4.66. The number of thiazole rings is 1. The zero-order valence-electron chi connectivity index (χ0n) is 16.2. The van der Waals surface area contributed by atoms with Gasteiger partial charge >= 0.3 is 0 Å². The number of hydrogen-bond donors (Lipinski definition) is 0. The second kappa shape index (κ2) is 10.1. The minimum Gasteiger partial charge on any atom is -0.484 e. The molecule has 1 aromatic carbocycles. The molecule has 1 amide bonds. The van der Waals surface area contributed by atoms with E-state index >= 15 is 0 Å². The first-order valence-corrected chi connectivity index (χ1v) is 10.0. The van der Waals surface area contributed by atoms with Gasteiger partial charge in [0.2, 0.25) is 0 Å². The molecule has 0 N–H and O–H groups in total. The van der Waals surface area contributed by atoms with E-state index in [0.717, 1.165) is 49.2 Å². The van der Waals surface area contributed by atoms with Gasteiger partial charge in [-0.1, -0.05) is 26.0 Å². The van der Waals surface area contributed by atoms with E-state index in [9.17, 15) is 4.79 Å². The lowest BCUT2D eigenvalue weighted by Gasteiger charge is -2.34. The molecular formula is C20H28ClN3O2S. The molecule has 148 valence electrons. The Bertz CT molecular complexity index is 725. The van der Waals surface area contributed by atoms with Gasteiger partial charge in [0, 0.05) is 37.3 Å². The summed E-state index contributed by atoms with van der Waals surface area (Å²) in [6.45, 7) is 10.6. The Morgan fingerprint density at radius 1 is 1.19 bits per heavy atom. The molecule has 0 saturated carbocycles. The molecule has 5 nitrogen and oxygen atoms in total. The summed E-state index contributed by atoms with van der Waals surface area (Å²) in [5.41, 5.74) is 2.35. The lowest BCUT2D eigenvalue weighted by Crippen LogP contribution is -2.49. The predicted molar refractivity (Wildman–Crippen MR) is 112 cm³/mol. The van der Waals surface area contributed by atoms with Crippen LogP contribution in [0.1, 0.15) is 36.0 Å². The Hall–Kier alpha value is -1.63. The van der Waals surface area contributed by atoms with Crippen molar-refractivity contribution >= 4 is 29.7 Å². The number of ether oxygens (including phenoxy) is 1. The van der Waals surface area contributed by atoms with Crippen molar-refractivity contribution < 1.29 is 9.53 Å². The second-order valence-electron chi connectivity index (χ2n) is 7.05. The maximum absolute atomic E-state index is 12.4. The van der Waals surface area contributed by atoms with Crippen LogP contribution in [0.15, 0.2) is 29.6 Å². The first-order valence-electron chi connectivity index (χ1n) is 9.15. The summed E-state index contributed by atoms with van der Waals surface area (Å²) in [6.07, 6.45) is 0. The van der Waals surface area contributed by atoms with Crippen molar-refractivity contribution in [2.75, 3.05) is 32.8 Å². The van der Waals surface area contributed by atoms with E-state index in [1.807, 2.05) is 24.0 Å². The summed E-state index contributed by atoms with van der Waals surface area (Å²) >= 11 is 1.71. The van der Waals surface area contributed by atoms with Gasteiger partial charge in [0.1, 0.15) is 10.8 Å². The van der Waals surface area contributed by atoms with Crippen LogP contribution in [0.25, 0.3) is 0 Å². The van der Waals surface area contributed by atoms with Gasteiger partial charge in [0.25, 0.3) is 5.91 Å². The average molecular weight is 410 g/mol. The van der Waals surface area contributed by atoms with Crippen LogP contribution in [0.4, 0.5) is 0 Å². The highest BCUT2D eigenvalue weighted by Gasteiger charge is 2.22. The Labute approximate surface area is 171 Å². The van der Waals surface area contributed by atoms with Crippen LogP contribution in [0.5, 0.6) is 5.75 Å². The number of aryl methyl sites for hydroxylation is 1. The molecule has 1 aromatic heterocycles. The average Bonchev–Trinajstić information content (AvgIpc) is 3.05. The fourth-order valence-corrected chi connectivity index (χ4v) is 3.82. The van der Waals surface area contributed by atoms with E-state index in [-0.39, 0.29) is 24.9 Å². The first kappa shape index (κ1) is 21.7. The minimum absolute atomic E-state index is 0. The van der Waals surface area contributed by atoms with E-state index in [1.165, 1.54) is 5.56 Å². The van der Waals surface area contributed by atoms with Crippen LogP contribution in [-0.2, 0) is 11.3 Å². The molecule has 0 unspecified atom stereocenters. The maximum atomic E-state index is 12.4. The molecule has 3 rings (SSSR count). The van der Waals surface area contributed by atoms with Crippen LogP contribution < -0.4 is 4.74 Å². The van der Waals surface area contributed by atoms with Crippen LogP contribution in [0, 0.1) is 6.92 Å². The second-order valence-corrected chi connectivity index (χ2v) is 7.99. The molecule has 2 aromatic rings. The number of halogens is 1. The summed E-state index contributed by atoms with van der Waals surface area (Å²) in [5, 5.41) is 3.23. The monoisotopic (exact) mass is 409 g/mol. The zero-order chi connectivity index (χ0) is 18.5. The number of amides is 1. The summed E-state index contributed by atoms with van der Waals surface area (Å²) < 4.78 is 5.67.